The monoisotopic (exact) mass is 180 g/mol. The van der Waals surface area contributed by atoms with E-state index in [0.29, 0.717) is 18.3 Å². The standard InChI is InChI=1S/C10H12O3/c11-5-1-2-8-3-4-10(13)9(6-8)7-12/h3-4,6-7,11,13H,1-2,5H2. The van der Waals surface area contributed by atoms with Gasteiger partial charge in [-0.15, -0.1) is 0 Å². The van der Waals surface area contributed by atoms with E-state index in [4.69, 9.17) is 5.11 Å². The summed E-state index contributed by atoms with van der Waals surface area (Å²) < 4.78 is 0. The van der Waals surface area contributed by atoms with Crippen molar-refractivity contribution < 1.29 is 15.0 Å². The number of aromatic hydroxyl groups is 1. The molecule has 0 bridgehead atoms. The van der Waals surface area contributed by atoms with Gasteiger partial charge in [0.2, 0.25) is 0 Å². The molecule has 1 aromatic rings. The van der Waals surface area contributed by atoms with Crippen LogP contribution in [0.1, 0.15) is 22.3 Å². The fourth-order valence-corrected chi connectivity index (χ4v) is 1.14. The van der Waals surface area contributed by atoms with Gasteiger partial charge in [0.05, 0.1) is 5.56 Å². The Morgan fingerprint density at radius 1 is 1.38 bits per heavy atom. The summed E-state index contributed by atoms with van der Waals surface area (Å²) in [6.45, 7) is 0.136. The average Bonchev–Trinajstić information content (AvgIpc) is 2.16. The van der Waals surface area contributed by atoms with E-state index in [1.165, 1.54) is 6.07 Å². The van der Waals surface area contributed by atoms with E-state index in [9.17, 15) is 9.90 Å². The molecule has 0 unspecified atom stereocenters. The zero-order chi connectivity index (χ0) is 9.68. The Kier molecular flexibility index (Phi) is 3.46. The second-order valence-electron chi connectivity index (χ2n) is 2.84. The van der Waals surface area contributed by atoms with Crippen LogP contribution in [0.25, 0.3) is 0 Å². The molecule has 1 aromatic carbocycles. The molecule has 0 aliphatic carbocycles. The highest BCUT2D eigenvalue weighted by Gasteiger charge is 2.00. The van der Waals surface area contributed by atoms with E-state index in [0.717, 1.165) is 12.0 Å². The number of phenolic OH excluding ortho intramolecular Hbond substituents is 1. The van der Waals surface area contributed by atoms with Crippen LogP contribution in [0, 0.1) is 0 Å². The van der Waals surface area contributed by atoms with Gasteiger partial charge in [-0.2, -0.15) is 0 Å². The summed E-state index contributed by atoms with van der Waals surface area (Å²) >= 11 is 0. The summed E-state index contributed by atoms with van der Waals surface area (Å²) in [7, 11) is 0. The minimum atomic E-state index is 0.00254. The highest BCUT2D eigenvalue weighted by molar-refractivity contribution is 5.79. The Morgan fingerprint density at radius 3 is 2.77 bits per heavy atom. The molecule has 0 atom stereocenters. The molecule has 3 heteroatoms. The minimum absolute atomic E-state index is 0.00254. The number of phenols is 1. The zero-order valence-electron chi connectivity index (χ0n) is 7.23. The number of benzene rings is 1. The smallest absolute Gasteiger partial charge is 0.153 e. The Balaban J connectivity index is 2.80. The molecule has 2 N–H and O–H groups in total. The SMILES string of the molecule is O=Cc1cc(CCCO)ccc1O. The van der Waals surface area contributed by atoms with Gasteiger partial charge in [0.15, 0.2) is 6.29 Å². The number of aliphatic hydroxyl groups excluding tert-OH is 1. The molecular formula is C10H12O3. The van der Waals surface area contributed by atoms with Crippen molar-refractivity contribution in [1.82, 2.24) is 0 Å². The van der Waals surface area contributed by atoms with Crippen LogP contribution < -0.4 is 0 Å². The lowest BCUT2D eigenvalue weighted by Crippen LogP contribution is -1.91. The number of aldehydes is 1. The molecule has 0 radical (unpaired) electrons. The summed E-state index contributed by atoms with van der Waals surface area (Å²) in [5.74, 6) is 0.00254. The van der Waals surface area contributed by atoms with Crippen molar-refractivity contribution in [3.05, 3.63) is 29.3 Å². The Hall–Kier alpha value is -1.35. The average molecular weight is 180 g/mol. The number of hydrogen-bond acceptors (Lipinski definition) is 3. The third-order valence-electron chi connectivity index (χ3n) is 1.84. The molecule has 0 spiro atoms. The summed E-state index contributed by atoms with van der Waals surface area (Å²) in [5.41, 5.74) is 1.25. The molecule has 0 amide bonds. The van der Waals surface area contributed by atoms with E-state index in [1.54, 1.807) is 12.1 Å². The first-order valence-electron chi connectivity index (χ1n) is 4.16. The largest absolute Gasteiger partial charge is 0.507 e. The van der Waals surface area contributed by atoms with Crippen molar-refractivity contribution in [1.29, 1.82) is 0 Å². The fourth-order valence-electron chi connectivity index (χ4n) is 1.14. The van der Waals surface area contributed by atoms with Crippen LogP contribution in [0.4, 0.5) is 0 Å². The first-order valence-corrected chi connectivity index (χ1v) is 4.16. The maximum absolute atomic E-state index is 10.4. The van der Waals surface area contributed by atoms with Crippen LogP contribution in [0.2, 0.25) is 0 Å². The summed E-state index contributed by atoms with van der Waals surface area (Å²) in [5, 5.41) is 17.8. The van der Waals surface area contributed by atoms with Crippen molar-refractivity contribution in [3.8, 4) is 5.75 Å². The van der Waals surface area contributed by atoms with E-state index >= 15 is 0 Å². The van der Waals surface area contributed by atoms with E-state index in [2.05, 4.69) is 0 Å². The number of carbonyl (C=O) groups is 1. The van der Waals surface area contributed by atoms with Gasteiger partial charge in [-0.05, 0) is 30.5 Å². The summed E-state index contributed by atoms with van der Waals surface area (Å²) in [4.78, 5) is 10.4. The van der Waals surface area contributed by atoms with Gasteiger partial charge >= 0.3 is 0 Å². The van der Waals surface area contributed by atoms with Crippen LogP contribution in [-0.2, 0) is 6.42 Å². The molecule has 0 aromatic heterocycles. The van der Waals surface area contributed by atoms with Crippen molar-refractivity contribution in [3.63, 3.8) is 0 Å². The van der Waals surface area contributed by atoms with E-state index < -0.39 is 0 Å². The number of aryl methyl sites for hydroxylation is 1. The van der Waals surface area contributed by atoms with Crippen LogP contribution in [-0.4, -0.2) is 23.1 Å². The summed E-state index contributed by atoms with van der Waals surface area (Å²) in [6, 6.07) is 4.88. The summed E-state index contributed by atoms with van der Waals surface area (Å²) in [6.07, 6.45) is 2.01. The maximum Gasteiger partial charge on any atom is 0.153 e. The van der Waals surface area contributed by atoms with E-state index in [1.807, 2.05) is 0 Å². The molecule has 3 nitrogen and oxygen atoms in total. The van der Waals surface area contributed by atoms with Gasteiger partial charge in [-0.3, -0.25) is 4.79 Å². The molecule has 0 heterocycles. The molecular weight excluding hydrogens is 168 g/mol. The van der Waals surface area contributed by atoms with Crippen molar-refractivity contribution in [2.24, 2.45) is 0 Å². The van der Waals surface area contributed by atoms with Crippen LogP contribution in [0.15, 0.2) is 18.2 Å². The predicted molar refractivity (Wildman–Crippen MR) is 48.9 cm³/mol. The molecule has 0 aliphatic rings. The molecule has 0 saturated carbocycles. The highest BCUT2D eigenvalue weighted by Crippen LogP contribution is 2.17. The zero-order valence-corrected chi connectivity index (χ0v) is 7.23. The highest BCUT2D eigenvalue weighted by atomic mass is 16.3. The van der Waals surface area contributed by atoms with Gasteiger partial charge in [0.25, 0.3) is 0 Å². The quantitative estimate of drug-likeness (QED) is 0.683. The second kappa shape index (κ2) is 4.62. The third-order valence-corrected chi connectivity index (χ3v) is 1.84. The number of carbonyl (C=O) groups excluding carboxylic acids is 1. The van der Waals surface area contributed by atoms with Gasteiger partial charge in [0.1, 0.15) is 5.75 Å². The lowest BCUT2D eigenvalue weighted by molar-refractivity contribution is 0.112. The van der Waals surface area contributed by atoms with Gasteiger partial charge < -0.3 is 10.2 Å². The normalized spacial score (nSPS) is 9.92. The van der Waals surface area contributed by atoms with Crippen molar-refractivity contribution in [2.75, 3.05) is 6.61 Å². The third kappa shape index (κ3) is 2.56. The lowest BCUT2D eigenvalue weighted by atomic mass is 10.1. The molecule has 0 saturated heterocycles. The van der Waals surface area contributed by atoms with Gasteiger partial charge in [-0.1, -0.05) is 6.07 Å². The molecule has 0 aliphatic heterocycles. The molecule has 1 rings (SSSR count). The molecule has 0 fully saturated rings. The van der Waals surface area contributed by atoms with Crippen molar-refractivity contribution in [2.45, 2.75) is 12.8 Å². The van der Waals surface area contributed by atoms with E-state index in [-0.39, 0.29) is 12.4 Å². The molecule has 70 valence electrons. The van der Waals surface area contributed by atoms with Crippen molar-refractivity contribution >= 4 is 6.29 Å². The lowest BCUT2D eigenvalue weighted by Gasteiger charge is -2.01. The van der Waals surface area contributed by atoms with Crippen LogP contribution >= 0.6 is 0 Å². The molecule has 13 heavy (non-hydrogen) atoms. The first kappa shape index (κ1) is 9.74. The maximum atomic E-state index is 10.4. The Bertz CT molecular complexity index is 294. The number of rotatable bonds is 4. The Labute approximate surface area is 76.6 Å². The van der Waals surface area contributed by atoms with Gasteiger partial charge in [-0.25, -0.2) is 0 Å². The number of hydrogen-bond donors (Lipinski definition) is 2. The van der Waals surface area contributed by atoms with Crippen LogP contribution in [0.5, 0.6) is 5.75 Å². The number of aliphatic hydroxyl groups is 1. The fraction of sp³-hybridized carbons (Fsp3) is 0.300. The first-order chi connectivity index (χ1) is 6.27. The topological polar surface area (TPSA) is 57.5 Å². The van der Waals surface area contributed by atoms with Gasteiger partial charge in [0, 0.05) is 6.61 Å². The minimum Gasteiger partial charge on any atom is -0.507 e. The second-order valence-corrected chi connectivity index (χ2v) is 2.84. The van der Waals surface area contributed by atoms with Crippen LogP contribution in [0.3, 0.4) is 0 Å². The Morgan fingerprint density at radius 2 is 2.15 bits per heavy atom. The predicted octanol–water partition coefficient (Wildman–Crippen LogP) is 1.13.